The predicted molar refractivity (Wildman–Crippen MR) is 83.1 cm³/mol. The van der Waals surface area contributed by atoms with E-state index in [1.165, 1.54) is 11.0 Å². The third-order valence-corrected chi connectivity index (χ3v) is 3.43. The second kappa shape index (κ2) is 5.77. The summed E-state index contributed by atoms with van der Waals surface area (Å²) in [5, 5.41) is 11.0. The number of aryl methyl sites for hydroxylation is 1. The van der Waals surface area contributed by atoms with Crippen LogP contribution in [0, 0.1) is 6.92 Å². The van der Waals surface area contributed by atoms with E-state index in [1.54, 1.807) is 24.1 Å². The molecule has 0 radical (unpaired) electrons. The fourth-order valence-corrected chi connectivity index (χ4v) is 2.14. The Labute approximate surface area is 128 Å². The van der Waals surface area contributed by atoms with E-state index in [4.69, 9.17) is 0 Å². The van der Waals surface area contributed by atoms with Crippen molar-refractivity contribution in [3.63, 3.8) is 0 Å². The van der Waals surface area contributed by atoms with Crippen molar-refractivity contribution < 1.29 is 4.79 Å². The van der Waals surface area contributed by atoms with Crippen LogP contribution in [0.4, 0.5) is 5.69 Å². The molecule has 110 valence electrons. The number of hydrogen-bond donors (Lipinski definition) is 0. The fraction of sp³-hybridized carbons (Fsp3) is 0.125. The van der Waals surface area contributed by atoms with Crippen LogP contribution in [0.1, 0.15) is 15.9 Å². The second-order valence-corrected chi connectivity index (χ2v) is 5.00. The van der Waals surface area contributed by atoms with E-state index in [9.17, 15) is 4.79 Å². The van der Waals surface area contributed by atoms with Crippen molar-refractivity contribution >= 4 is 11.6 Å². The normalized spacial score (nSPS) is 10.5. The maximum atomic E-state index is 12.6. The van der Waals surface area contributed by atoms with Gasteiger partial charge in [-0.15, -0.1) is 5.10 Å². The summed E-state index contributed by atoms with van der Waals surface area (Å²) < 4.78 is 1.52. The summed E-state index contributed by atoms with van der Waals surface area (Å²) in [5.74, 6) is -0.0845. The Morgan fingerprint density at radius 2 is 1.91 bits per heavy atom. The Kier molecular flexibility index (Phi) is 3.65. The number of hydrogen-bond acceptors (Lipinski definition) is 4. The highest BCUT2D eigenvalue weighted by Crippen LogP contribution is 2.17. The zero-order valence-corrected chi connectivity index (χ0v) is 12.3. The van der Waals surface area contributed by atoms with E-state index >= 15 is 0 Å². The minimum Gasteiger partial charge on any atom is -0.311 e. The van der Waals surface area contributed by atoms with Crippen LogP contribution in [-0.4, -0.2) is 33.2 Å². The van der Waals surface area contributed by atoms with Gasteiger partial charge in [-0.2, -0.15) is 0 Å². The van der Waals surface area contributed by atoms with Crippen LogP contribution in [0.15, 0.2) is 54.9 Å². The summed E-state index contributed by atoms with van der Waals surface area (Å²) in [7, 11) is 1.76. The number of carbonyl (C=O) groups is 1. The topological polar surface area (TPSA) is 63.9 Å². The Balaban J connectivity index is 1.88. The first-order valence-electron chi connectivity index (χ1n) is 6.83. The zero-order chi connectivity index (χ0) is 15.5. The quantitative estimate of drug-likeness (QED) is 0.743. The van der Waals surface area contributed by atoms with Crippen molar-refractivity contribution in [3.8, 4) is 5.69 Å². The van der Waals surface area contributed by atoms with Gasteiger partial charge in [0.25, 0.3) is 5.91 Å². The van der Waals surface area contributed by atoms with E-state index < -0.39 is 0 Å². The average molecular weight is 293 g/mol. The van der Waals surface area contributed by atoms with Crippen molar-refractivity contribution in [1.29, 1.82) is 0 Å². The minimum absolute atomic E-state index is 0.0845. The maximum Gasteiger partial charge on any atom is 0.258 e. The Morgan fingerprint density at radius 1 is 1.14 bits per heavy atom. The molecule has 2 aromatic carbocycles. The van der Waals surface area contributed by atoms with Crippen molar-refractivity contribution in [3.05, 3.63) is 66.0 Å². The van der Waals surface area contributed by atoms with Crippen LogP contribution in [0.5, 0.6) is 0 Å². The lowest BCUT2D eigenvalue weighted by molar-refractivity contribution is 0.0993. The Bertz CT molecular complexity index is 781. The summed E-state index contributed by atoms with van der Waals surface area (Å²) in [6.45, 7) is 2.02. The predicted octanol–water partition coefficient (Wildman–Crippen LogP) is 2.25. The van der Waals surface area contributed by atoms with Crippen LogP contribution < -0.4 is 4.90 Å². The molecule has 6 heteroatoms. The molecule has 0 N–H and O–H groups in total. The van der Waals surface area contributed by atoms with Gasteiger partial charge in [0.2, 0.25) is 0 Å². The summed E-state index contributed by atoms with van der Waals surface area (Å²) in [4.78, 5) is 14.2. The number of amides is 1. The first-order chi connectivity index (χ1) is 10.6. The average Bonchev–Trinajstić information content (AvgIpc) is 3.09. The molecule has 1 heterocycles. The largest absolute Gasteiger partial charge is 0.311 e. The van der Waals surface area contributed by atoms with Crippen LogP contribution >= 0.6 is 0 Å². The molecule has 0 atom stereocenters. The van der Waals surface area contributed by atoms with Gasteiger partial charge in [-0.05, 0) is 47.7 Å². The monoisotopic (exact) mass is 293 g/mol. The van der Waals surface area contributed by atoms with E-state index in [0.29, 0.717) is 5.56 Å². The number of tetrazole rings is 1. The van der Waals surface area contributed by atoms with Crippen LogP contribution in [0.3, 0.4) is 0 Å². The van der Waals surface area contributed by atoms with Gasteiger partial charge in [-0.25, -0.2) is 4.68 Å². The molecule has 0 fully saturated rings. The molecule has 0 saturated heterocycles. The smallest absolute Gasteiger partial charge is 0.258 e. The second-order valence-electron chi connectivity index (χ2n) is 5.00. The maximum absolute atomic E-state index is 12.6. The van der Waals surface area contributed by atoms with Gasteiger partial charge in [0.15, 0.2) is 0 Å². The molecule has 0 unspecified atom stereocenters. The van der Waals surface area contributed by atoms with E-state index in [0.717, 1.165) is 16.9 Å². The number of aromatic nitrogens is 4. The SMILES string of the molecule is Cc1ccc(N(C)C(=O)c2cccc(-n3cnnn3)c2)cc1. The van der Waals surface area contributed by atoms with Crippen molar-refractivity contribution in [1.82, 2.24) is 20.2 Å². The number of carbonyl (C=O) groups excluding carboxylic acids is 1. The highest BCUT2D eigenvalue weighted by molar-refractivity contribution is 6.06. The first-order valence-corrected chi connectivity index (χ1v) is 6.83. The van der Waals surface area contributed by atoms with Gasteiger partial charge in [-0.1, -0.05) is 23.8 Å². The molecule has 0 aliphatic rings. The number of anilines is 1. The van der Waals surface area contributed by atoms with Crippen molar-refractivity contribution in [2.45, 2.75) is 6.92 Å². The van der Waals surface area contributed by atoms with Gasteiger partial charge in [0.1, 0.15) is 6.33 Å². The number of benzene rings is 2. The molecule has 1 aromatic heterocycles. The van der Waals surface area contributed by atoms with E-state index in [2.05, 4.69) is 15.5 Å². The standard InChI is InChI=1S/C16H15N5O/c1-12-6-8-14(9-7-12)20(2)16(22)13-4-3-5-15(10-13)21-11-17-18-19-21/h3-11H,1-2H3. The minimum atomic E-state index is -0.0845. The van der Waals surface area contributed by atoms with Gasteiger partial charge in [-0.3, -0.25) is 4.79 Å². The fourth-order valence-electron chi connectivity index (χ4n) is 2.14. The molecule has 22 heavy (non-hydrogen) atoms. The third-order valence-electron chi connectivity index (χ3n) is 3.43. The summed E-state index contributed by atoms with van der Waals surface area (Å²) in [6.07, 6.45) is 1.49. The summed E-state index contributed by atoms with van der Waals surface area (Å²) in [5.41, 5.74) is 3.33. The molecule has 0 aliphatic carbocycles. The van der Waals surface area contributed by atoms with E-state index in [1.807, 2.05) is 43.3 Å². The first kappa shape index (κ1) is 13.9. The molecule has 0 spiro atoms. The molecule has 0 bridgehead atoms. The molecule has 3 aromatic rings. The Morgan fingerprint density at radius 3 is 2.59 bits per heavy atom. The van der Waals surface area contributed by atoms with E-state index in [-0.39, 0.29) is 5.91 Å². The molecular weight excluding hydrogens is 278 g/mol. The van der Waals surface area contributed by atoms with Crippen LogP contribution in [-0.2, 0) is 0 Å². The third kappa shape index (κ3) is 2.71. The summed E-state index contributed by atoms with van der Waals surface area (Å²) >= 11 is 0. The van der Waals surface area contributed by atoms with Gasteiger partial charge >= 0.3 is 0 Å². The molecular formula is C16H15N5O. The van der Waals surface area contributed by atoms with Crippen LogP contribution in [0.25, 0.3) is 5.69 Å². The lowest BCUT2D eigenvalue weighted by Gasteiger charge is -2.18. The summed E-state index contributed by atoms with van der Waals surface area (Å²) in [6, 6.07) is 15.0. The zero-order valence-electron chi connectivity index (χ0n) is 12.3. The lowest BCUT2D eigenvalue weighted by Crippen LogP contribution is -2.26. The van der Waals surface area contributed by atoms with Crippen molar-refractivity contribution in [2.24, 2.45) is 0 Å². The molecule has 0 saturated carbocycles. The van der Waals surface area contributed by atoms with Gasteiger partial charge in [0, 0.05) is 18.3 Å². The molecule has 3 rings (SSSR count). The van der Waals surface area contributed by atoms with Crippen molar-refractivity contribution in [2.75, 3.05) is 11.9 Å². The Hall–Kier alpha value is -3.02. The molecule has 0 aliphatic heterocycles. The molecule has 6 nitrogen and oxygen atoms in total. The van der Waals surface area contributed by atoms with Gasteiger partial charge in [0.05, 0.1) is 5.69 Å². The van der Waals surface area contributed by atoms with Crippen LogP contribution in [0.2, 0.25) is 0 Å². The van der Waals surface area contributed by atoms with Gasteiger partial charge < -0.3 is 4.90 Å². The lowest BCUT2D eigenvalue weighted by atomic mass is 10.1. The highest BCUT2D eigenvalue weighted by Gasteiger charge is 2.14. The molecule has 1 amide bonds. The highest BCUT2D eigenvalue weighted by atomic mass is 16.2. The number of rotatable bonds is 3. The number of nitrogens with zero attached hydrogens (tertiary/aromatic N) is 5.